The summed E-state index contributed by atoms with van der Waals surface area (Å²) >= 11 is 0. The molecule has 0 saturated carbocycles. The van der Waals surface area contributed by atoms with E-state index >= 15 is 0 Å². The van der Waals surface area contributed by atoms with Gasteiger partial charge in [0, 0.05) is 5.56 Å². The number of rotatable bonds is 3. The van der Waals surface area contributed by atoms with Gasteiger partial charge in [0.25, 0.3) is 7.48 Å². The van der Waals surface area contributed by atoms with Crippen LogP contribution in [0.2, 0.25) is 0 Å². The molecule has 0 amide bonds. The number of hydrogen-bond donors (Lipinski definition) is 1. The molecule has 0 aliphatic heterocycles. The number of hydrogen-bond acceptors (Lipinski definition) is 1. The lowest BCUT2D eigenvalue weighted by Gasteiger charge is -2.26. The van der Waals surface area contributed by atoms with Crippen molar-refractivity contribution in [1.29, 1.82) is 0 Å². The van der Waals surface area contributed by atoms with Crippen LogP contribution in [0.3, 0.4) is 0 Å². The monoisotopic (exact) mass is 251 g/mol. The summed E-state index contributed by atoms with van der Waals surface area (Å²) in [5.41, 5.74) is -1.03. The fourth-order valence-corrected chi connectivity index (χ4v) is 1.44. The zero-order valence-corrected chi connectivity index (χ0v) is 9.12. The highest BCUT2D eigenvalue weighted by atomic mass is 19.2. The molecule has 1 N–H and O–H groups in total. The molecule has 0 aromatic heterocycles. The quantitative estimate of drug-likeness (QED) is 0.379. The second kappa shape index (κ2) is 4.64. The van der Waals surface area contributed by atoms with Crippen LogP contribution in [0.4, 0.5) is 22.0 Å². The van der Waals surface area contributed by atoms with Crippen LogP contribution in [-0.2, 0) is 5.31 Å². The number of halogens is 5. The smallest absolute Gasteiger partial charge is 0.298 e. The van der Waals surface area contributed by atoms with Crippen molar-refractivity contribution < 1.29 is 27.0 Å². The first-order valence-corrected chi connectivity index (χ1v) is 4.80. The van der Waals surface area contributed by atoms with Gasteiger partial charge in [-0.3, -0.25) is 0 Å². The zero-order chi connectivity index (χ0) is 13.4. The maximum absolute atomic E-state index is 13.4. The third-order valence-corrected chi connectivity index (χ3v) is 2.80. The Bertz CT molecular complexity index is 416. The topological polar surface area (TPSA) is 20.2 Å². The van der Waals surface area contributed by atoms with Crippen molar-refractivity contribution in [1.82, 2.24) is 0 Å². The van der Waals surface area contributed by atoms with Crippen molar-refractivity contribution in [3.05, 3.63) is 34.6 Å². The van der Waals surface area contributed by atoms with E-state index in [1.165, 1.54) is 13.8 Å². The fraction of sp³-hybridized carbons (Fsp3) is 0.400. The minimum Gasteiger partial charge on any atom is -0.453 e. The Morgan fingerprint density at radius 3 is 1.59 bits per heavy atom. The molecule has 1 unspecified atom stereocenters. The van der Waals surface area contributed by atoms with Gasteiger partial charge in [-0.2, -0.15) is 0 Å². The van der Waals surface area contributed by atoms with Crippen molar-refractivity contribution in [2.24, 2.45) is 0 Å². The van der Waals surface area contributed by atoms with Gasteiger partial charge < -0.3 is 5.02 Å². The highest BCUT2D eigenvalue weighted by Gasteiger charge is 2.37. The molecule has 1 rings (SSSR count). The lowest BCUT2D eigenvalue weighted by molar-refractivity contribution is 0.354. The molecule has 1 radical (unpaired) electrons. The minimum atomic E-state index is -2.21. The summed E-state index contributed by atoms with van der Waals surface area (Å²) in [6.07, 6.45) is -0.0259. The molecular formula is C10H9BF5O. The van der Waals surface area contributed by atoms with Gasteiger partial charge in [0.05, 0.1) is 0 Å². The summed E-state index contributed by atoms with van der Waals surface area (Å²) in [7, 11) is 0.422. The van der Waals surface area contributed by atoms with E-state index in [0.29, 0.717) is 7.48 Å². The molecule has 0 aliphatic rings. The Morgan fingerprint density at radius 2 is 1.29 bits per heavy atom. The minimum absolute atomic E-state index is 0.0259. The first kappa shape index (κ1) is 14.0. The molecule has 0 heterocycles. The third kappa shape index (κ3) is 2.03. The van der Waals surface area contributed by atoms with Crippen molar-refractivity contribution in [2.45, 2.75) is 25.6 Å². The standard InChI is InChI=1S/C10H9BF5O/c1-3-10(2,11-17)4-5(12)7(14)9(16)8(15)6(4)13/h17H,3H2,1-2H3. The van der Waals surface area contributed by atoms with Gasteiger partial charge in [-0.1, -0.05) is 20.3 Å². The molecule has 1 aromatic carbocycles. The van der Waals surface area contributed by atoms with Gasteiger partial charge in [-0.15, -0.1) is 0 Å². The Hall–Kier alpha value is -1.11. The van der Waals surface area contributed by atoms with E-state index in [4.69, 9.17) is 5.02 Å². The molecule has 1 aromatic rings. The van der Waals surface area contributed by atoms with Crippen molar-refractivity contribution in [3.63, 3.8) is 0 Å². The lowest BCUT2D eigenvalue weighted by atomic mass is 9.59. The Kier molecular flexibility index (Phi) is 3.81. The van der Waals surface area contributed by atoms with Gasteiger partial charge in [0.1, 0.15) is 0 Å². The predicted molar refractivity (Wildman–Crippen MR) is 51.8 cm³/mol. The van der Waals surface area contributed by atoms with Gasteiger partial charge in [0.2, 0.25) is 5.82 Å². The van der Waals surface area contributed by atoms with Crippen molar-refractivity contribution in [2.75, 3.05) is 0 Å². The Morgan fingerprint density at radius 1 is 0.941 bits per heavy atom. The van der Waals surface area contributed by atoms with Crippen LogP contribution in [0.1, 0.15) is 25.8 Å². The van der Waals surface area contributed by atoms with E-state index < -0.39 is 40.0 Å². The molecule has 93 valence electrons. The van der Waals surface area contributed by atoms with Crippen LogP contribution in [0, 0.1) is 29.1 Å². The van der Waals surface area contributed by atoms with Gasteiger partial charge in [-0.25, -0.2) is 22.0 Å². The fourth-order valence-electron chi connectivity index (χ4n) is 1.44. The van der Waals surface area contributed by atoms with E-state index in [2.05, 4.69) is 0 Å². The average Bonchev–Trinajstić information content (AvgIpc) is 2.33. The average molecular weight is 251 g/mol. The van der Waals surface area contributed by atoms with E-state index in [1.54, 1.807) is 0 Å². The van der Waals surface area contributed by atoms with Gasteiger partial charge >= 0.3 is 0 Å². The third-order valence-electron chi connectivity index (χ3n) is 2.80. The second-order valence-corrected chi connectivity index (χ2v) is 3.85. The van der Waals surface area contributed by atoms with Crippen molar-refractivity contribution in [3.8, 4) is 0 Å². The Labute approximate surface area is 95.5 Å². The molecule has 1 nitrogen and oxygen atoms in total. The highest BCUT2D eigenvalue weighted by Crippen LogP contribution is 2.34. The summed E-state index contributed by atoms with van der Waals surface area (Å²) < 4.78 is 65.5. The van der Waals surface area contributed by atoms with Crippen LogP contribution < -0.4 is 0 Å². The first-order chi connectivity index (χ1) is 7.80. The van der Waals surface area contributed by atoms with E-state index in [1.807, 2.05) is 0 Å². The van der Waals surface area contributed by atoms with Crippen molar-refractivity contribution >= 4 is 7.48 Å². The van der Waals surface area contributed by atoms with Crippen LogP contribution in [0.25, 0.3) is 0 Å². The normalized spacial score (nSPS) is 14.6. The predicted octanol–water partition coefficient (Wildman–Crippen LogP) is 2.62. The maximum Gasteiger partial charge on any atom is 0.298 e. The largest absolute Gasteiger partial charge is 0.453 e. The van der Waals surface area contributed by atoms with Gasteiger partial charge in [0.15, 0.2) is 23.3 Å². The molecule has 0 fully saturated rings. The summed E-state index contributed by atoms with van der Waals surface area (Å²) in [4.78, 5) is 0. The summed E-state index contributed by atoms with van der Waals surface area (Å²) in [6, 6.07) is 0. The van der Waals surface area contributed by atoms with Gasteiger partial charge in [-0.05, 0) is 5.31 Å². The molecule has 7 heteroatoms. The second-order valence-electron chi connectivity index (χ2n) is 3.85. The molecule has 0 saturated heterocycles. The molecule has 0 aliphatic carbocycles. The summed E-state index contributed by atoms with van der Waals surface area (Å²) in [6.45, 7) is 2.62. The van der Waals surface area contributed by atoms with Crippen LogP contribution in [0.15, 0.2) is 0 Å². The number of benzene rings is 1. The highest BCUT2D eigenvalue weighted by molar-refractivity contribution is 6.30. The SMILES string of the molecule is CCC(C)([B]O)c1c(F)c(F)c(F)c(F)c1F. The summed E-state index contributed by atoms with van der Waals surface area (Å²) in [5.74, 6) is -10.1. The molecule has 1 atom stereocenters. The molecule has 0 spiro atoms. The van der Waals surface area contributed by atoms with Crippen LogP contribution in [0.5, 0.6) is 0 Å². The maximum atomic E-state index is 13.4. The van der Waals surface area contributed by atoms with E-state index in [9.17, 15) is 22.0 Å². The first-order valence-electron chi connectivity index (χ1n) is 4.80. The van der Waals surface area contributed by atoms with Crippen LogP contribution >= 0.6 is 0 Å². The summed E-state index contributed by atoms with van der Waals surface area (Å²) in [5, 5.41) is 7.31. The van der Waals surface area contributed by atoms with E-state index in [-0.39, 0.29) is 6.42 Å². The lowest BCUT2D eigenvalue weighted by Crippen LogP contribution is -2.32. The molecular weight excluding hydrogens is 242 g/mol. The molecule has 0 bridgehead atoms. The van der Waals surface area contributed by atoms with Crippen LogP contribution in [-0.4, -0.2) is 12.5 Å². The zero-order valence-electron chi connectivity index (χ0n) is 9.12. The van der Waals surface area contributed by atoms with E-state index in [0.717, 1.165) is 0 Å². The Balaban J connectivity index is 3.65. The molecule has 17 heavy (non-hydrogen) atoms.